The standard InChI is InChI=1S/C14H12BrN3O/c15-11-2-1-3-12-10(11)6-7-18(12)8-13-16-14(19-17-13)9-4-5-9/h1-3,6-7,9H,4-5,8H2. The van der Waals surface area contributed by atoms with Crippen LogP contribution >= 0.6 is 15.9 Å². The zero-order chi connectivity index (χ0) is 12.8. The first kappa shape index (κ1) is 11.2. The second-order valence-corrected chi connectivity index (χ2v) is 5.79. The van der Waals surface area contributed by atoms with Crippen molar-refractivity contribution in [1.29, 1.82) is 0 Å². The Morgan fingerprint density at radius 3 is 3.05 bits per heavy atom. The van der Waals surface area contributed by atoms with Gasteiger partial charge < -0.3 is 9.09 Å². The van der Waals surface area contributed by atoms with Gasteiger partial charge >= 0.3 is 0 Å². The van der Waals surface area contributed by atoms with E-state index in [9.17, 15) is 0 Å². The lowest BCUT2D eigenvalue weighted by molar-refractivity contribution is 0.373. The van der Waals surface area contributed by atoms with Crippen LogP contribution < -0.4 is 0 Å². The molecule has 1 saturated carbocycles. The van der Waals surface area contributed by atoms with E-state index in [1.807, 2.05) is 12.1 Å². The van der Waals surface area contributed by atoms with Crippen molar-refractivity contribution in [3.8, 4) is 0 Å². The second-order valence-electron chi connectivity index (χ2n) is 4.94. The van der Waals surface area contributed by atoms with Crippen molar-refractivity contribution >= 4 is 26.8 Å². The molecule has 1 aliphatic rings. The maximum absolute atomic E-state index is 5.29. The molecule has 1 fully saturated rings. The van der Waals surface area contributed by atoms with Crippen LogP contribution in [-0.2, 0) is 6.54 Å². The zero-order valence-electron chi connectivity index (χ0n) is 10.2. The molecule has 96 valence electrons. The van der Waals surface area contributed by atoms with E-state index in [-0.39, 0.29) is 0 Å². The van der Waals surface area contributed by atoms with E-state index < -0.39 is 0 Å². The molecular formula is C14H12BrN3O. The van der Waals surface area contributed by atoms with Crippen molar-refractivity contribution in [3.05, 3.63) is 46.7 Å². The maximum atomic E-state index is 5.29. The summed E-state index contributed by atoms with van der Waals surface area (Å²) in [5.74, 6) is 2.06. The molecule has 2 aromatic heterocycles. The van der Waals surface area contributed by atoms with E-state index in [4.69, 9.17) is 4.52 Å². The topological polar surface area (TPSA) is 43.9 Å². The van der Waals surface area contributed by atoms with Crippen molar-refractivity contribution in [2.24, 2.45) is 0 Å². The molecule has 5 heteroatoms. The fourth-order valence-electron chi connectivity index (χ4n) is 2.30. The van der Waals surface area contributed by atoms with Crippen LogP contribution in [0.2, 0.25) is 0 Å². The number of fused-ring (bicyclic) bond motifs is 1. The quantitative estimate of drug-likeness (QED) is 0.739. The molecule has 1 aliphatic carbocycles. The van der Waals surface area contributed by atoms with Crippen molar-refractivity contribution in [3.63, 3.8) is 0 Å². The first-order valence-electron chi connectivity index (χ1n) is 6.37. The Bertz CT molecular complexity index is 742. The van der Waals surface area contributed by atoms with Gasteiger partial charge in [-0.25, -0.2) is 0 Å². The molecule has 0 unspecified atom stereocenters. The maximum Gasteiger partial charge on any atom is 0.229 e. The molecule has 0 aliphatic heterocycles. The first-order chi connectivity index (χ1) is 9.31. The van der Waals surface area contributed by atoms with Crippen molar-refractivity contribution < 1.29 is 4.52 Å². The Labute approximate surface area is 118 Å². The lowest BCUT2D eigenvalue weighted by Crippen LogP contribution is -1.99. The molecule has 0 bridgehead atoms. The molecule has 4 rings (SSSR count). The Balaban J connectivity index is 1.68. The van der Waals surface area contributed by atoms with Gasteiger partial charge in [-0.05, 0) is 31.0 Å². The van der Waals surface area contributed by atoms with Crippen molar-refractivity contribution in [2.75, 3.05) is 0 Å². The monoisotopic (exact) mass is 317 g/mol. The molecule has 3 aromatic rings. The van der Waals surface area contributed by atoms with Crippen LogP contribution in [0.3, 0.4) is 0 Å². The summed E-state index contributed by atoms with van der Waals surface area (Å²) in [4.78, 5) is 4.47. The summed E-state index contributed by atoms with van der Waals surface area (Å²) in [6.45, 7) is 0.649. The number of benzene rings is 1. The first-order valence-corrected chi connectivity index (χ1v) is 7.16. The smallest absolute Gasteiger partial charge is 0.229 e. The number of halogens is 1. The normalized spacial score (nSPS) is 15.2. The minimum Gasteiger partial charge on any atom is -0.340 e. The van der Waals surface area contributed by atoms with Gasteiger partial charge in [-0.2, -0.15) is 4.98 Å². The van der Waals surface area contributed by atoms with Gasteiger partial charge in [0, 0.05) is 27.5 Å². The van der Waals surface area contributed by atoms with Crippen LogP contribution in [0.1, 0.15) is 30.5 Å². The summed E-state index contributed by atoms with van der Waals surface area (Å²) in [5.41, 5.74) is 1.17. The highest BCUT2D eigenvalue weighted by Crippen LogP contribution is 2.38. The molecule has 4 nitrogen and oxygen atoms in total. The van der Waals surface area contributed by atoms with Crippen LogP contribution in [-0.4, -0.2) is 14.7 Å². The average molecular weight is 318 g/mol. The summed E-state index contributed by atoms with van der Waals surface area (Å²) in [5, 5.41) is 5.27. The van der Waals surface area contributed by atoms with E-state index in [0.29, 0.717) is 12.5 Å². The van der Waals surface area contributed by atoms with E-state index in [0.717, 1.165) is 16.2 Å². The molecule has 0 N–H and O–H groups in total. The lowest BCUT2D eigenvalue weighted by atomic mass is 10.2. The highest BCUT2D eigenvalue weighted by atomic mass is 79.9. The van der Waals surface area contributed by atoms with Crippen LogP contribution in [0, 0.1) is 0 Å². The highest BCUT2D eigenvalue weighted by Gasteiger charge is 2.29. The van der Waals surface area contributed by atoms with Gasteiger partial charge in [-0.3, -0.25) is 0 Å². The molecule has 0 radical (unpaired) electrons. The van der Waals surface area contributed by atoms with Crippen LogP contribution in [0.4, 0.5) is 0 Å². The van der Waals surface area contributed by atoms with Gasteiger partial charge in [0.2, 0.25) is 5.89 Å². The van der Waals surface area contributed by atoms with Gasteiger partial charge in [0.15, 0.2) is 5.82 Å². The van der Waals surface area contributed by atoms with Gasteiger partial charge in [0.05, 0.1) is 6.54 Å². The number of hydrogen-bond donors (Lipinski definition) is 0. The Morgan fingerprint density at radius 1 is 1.32 bits per heavy atom. The molecular weight excluding hydrogens is 306 g/mol. The number of nitrogens with zero attached hydrogens (tertiary/aromatic N) is 3. The van der Waals surface area contributed by atoms with Crippen molar-refractivity contribution in [2.45, 2.75) is 25.3 Å². The Morgan fingerprint density at radius 2 is 2.21 bits per heavy atom. The van der Waals surface area contributed by atoms with E-state index in [2.05, 4.69) is 49.0 Å². The second kappa shape index (κ2) is 4.20. The summed E-state index contributed by atoms with van der Waals surface area (Å²) in [7, 11) is 0. The molecule has 2 heterocycles. The number of rotatable bonds is 3. The van der Waals surface area contributed by atoms with Crippen LogP contribution in [0.5, 0.6) is 0 Å². The lowest BCUT2D eigenvalue weighted by Gasteiger charge is -2.01. The molecule has 0 atom stereocenters. The van der Waals surface area contributed by atoms with Gasteiger partial charge in [0.25, 0.3) is 0 Å². The molecule has 0 saturated heterocycles. The fraction of sp³-hybridized carbons (Fsp3) is 0.286. The predicted molar refractivity (Wildman–Crippen MR) is 75.0 cm³/mol. The Hall–Kier alpha value is -1.62. The van der Waals surface area contributed by atoms with Crippen molar-refractivity contribution in [1.82, 2.24) is 14.7 Å². The third-order valence-corrected chi connectivity index (χ3v) is 4.17. The SMILES string of the molecule is Brc1cccc2c1ccn2Cc1noc(C2CC2)n1. The third kappa shape index (κ3) is 1.98. The fourth-order valence-corrected chi connectivity index (χ4v) is 2.79. The highest BCUT2D eigenvalue weighted by molar-refractivity contribution is 9.10. The molecule has 1 aromatic carbocycles. The average Bonchev–Trinajstić information content (AvgIpc) is 3.02. The van der Waals surface area contributed by atoms with E-state index >= 15 is 0 Å². The molecule has 0 amide bonds. The molecule has 19 heavy (non-hydrogen) atoms. The third-order valence-electron chi connectivity index (χ3n) is 3.48. The summed E-state index contributed by atoms with van der Waals surface area (Å²) in [6, 6.07) is 8.28. The largest absolute Gasteiger partial charge is 0.340 e. The minimum atomic E-state index is 0.511. The van der Waals surface area contributed by atoms with Gasteiger partial charge in [0.1, 0.15) is 0 Å². The summed E-state index contributed by atoms with van der Waals surface area (Å²) in [6.07, 6.45) is 4.42. The Kier molecular flexibility index (Phi) is 2.48. The molecule has 0 spiro atoms. The number of aromatic nitrogens is 3. The van der Waals surface area contributed by atoms with Crippen LogP contribution in [0.15, 0.2) is 39.5 Å². The summed E-state index contributed by atoms with van der Waals surface area (Å²) >= 11 is 3.56. The van der Waals surface area contributed by atoms with E-state index in [1.165, 1.54) is 23.7 Å². The summed E-state index contributed by atoms with van der Waals surface area (Å²) < 4.78 is 8.54. The van der Waals surface area contributed by atoms with Crippen LogP contribution in [0.25, 0.3) is 10.9 Å². The van der Waals surface area contributed by atoms with Gasteiger partial charge in [-0.15, -0.1) is 0 Å². The zero-order valence-corrected chi connectivity index (χ0v) is 11.8. The predicted octanol–water partition coefficient (Wildman–Crippen LogP) is 3.71. The number of hydrogen-bond acceptors (Lipinski definition) is 3. The van der Waals surface area contributed by atoms with Gasteiger partial charge in [-0.1, -0.05) is 27.2 Å². The minimum absolute atomic E-state index is 0.511. The van der Waals surface area contributed by atoms with E-state index in [1.54, 1.807) is 0 Å².